The summed E-state index contributed by atoms with van der Waals surface area (Å²) in [6, 6.07) is 9.03. The van der Waals surface area contributed by atoms with Gasteiger partial charge in [-0.25, -0.2) is 0 Å². The van der Waals surface area contributed by atoms with E-state index in [1.807, 2.05) is 0 Å². The number of ether oxygens (including phenoxy) is 1. The summed E-state index contributed by atoms with van der Waals surface area (Å²) in [6.45, 7) is 8.60. The summed E-state index contributed by atoms with van der Waals surface area (Å²) in [6.07, 6.45) is 2.51. The van der Waals surface area contributed by atoms with Gasteiger partial charge in [-0.05, 0) is 42.5 Å². The van der Waals surface area contributed by atoms with Crippen LogP contribution in [0, 0.1) is 0 Å². The van der Waals surface area contributed by atoms with E-state index in [2.05, 4.69) is 50.4 Å². The highest BCUT2D eigenvalue weighted by Gasteiger charge is 2.15. The van der Waals surface area contributed by atoms with Crippen LogP contribution >= 0.6 is 0 Å². The van der Waals surface area contributed by atoms with Crippen molar-refractivity contribution in [2.75, 3.05) is 13.2 Å². The smallest absolute Gasteiger partial charge is 0.119 e. The second-order valence-electron chi connectivity index (χ2n) is 5.88. The van der Waals surface area contributed by atoms with Crippen molar-refractivity contribution in [2.24, 2.45) is 0 Å². The molecule has 1 aromatic rings. The highest BCUT2D eigenvalue weighted by atomic mass is 16.5. The summed E-state index contributed by atoms with van der Waals surface area (Å²) < 4.78 is 5.80. The summed E-state index contributed by atoms with van der Waals surface area (Å²) in [5.74, 6) is 0.978. The minimum Gasteiger partial charge on any atom is -0.492 e. The van der Waals surface area contributed by atoms with Gasteiger partial charge in [0.1, 0.15) is 12.4 Å². The zero-order valence-corrected chi connectivity index (χ0v) is 11.1. The lowest BCUT2D eigenvalue weighted by Gasteiger charge is -2.19. The maximum atomic E-state index is 5.80. The van der Waals surface area contributed by atoms with E-state index in [1.165, 1.54) is 18.4 Å². The molecule has 17 heavy (non-hydrogen) atoms. The van der Waals surface area contributed by atoms with Gasteiger partial charge >= 0.3 is 0 Å². The van der Waals surface area contributed by atoms with E-state index in [0.717, 1.165) is 18.9 Å². The third-order valence-electron chi connectivity index (χ3n) is 3.33. The molecule has 0 bridgehead atoms. The Bertz CT molecular complexity index is 344. The van der Waals surface area contributed by atoms with Gasteiger partial charge in [-0.3, -0.25) is 0 Å². The van der Waals surface area contributed by atoms with Crippen LogP contribution in [0.5, 0.6) is 5.75 Å². The molecule has 1 aliphatic rings. The van der Waals surface area contributed by atoms with Gasteiger partial charge in [0, 0.05) is 6.04 Å². The van der Waals surface area contributed by atoms with E-state index in [9.17, 15) is 0 Å². The molecule has 0 saturated carbocycles. The van der Waals surface area contributed by atoms with Gasteiger partial charge in [0.25, 0.3) is 0 Å². The van der Waals surface area contributed by atoms with Crippen molar-refractivity contribution in [1.29, 1.82) is 0 Å². The number of benzene rings is 1. The van der Waals surface area contributed by atoms with E-state index in [0.29, 0.717) is 6.04 Å². The molecule has 2 nitrogen and oxygen atoms in total. The topological polar surface area (TPSA) is 21.3 Å². The quantitative estimate of drug-likeness (QED) is 0.866. The second-order valence-corrected chi connectivity index (χ2v) is 5.88. The van der Waals surface area contributed by atoms with Crippen LogP contribution < -0.4 is 10.1 Å². The van der Waals surface area contributed by atoms with E-state index in [-0.39, 0.29) is 5.41 Å². The fraction of sp³-hybridized carbons (Fsp3) is 0.600. The molecule has 1 atom stereocenters. The van der Waals surface area contributed by atoms with Crippen LogP contribution in [0.3, 0.4) is 0 Å². The minimum atomic E-state index is 0.214. The van der Waals surface area contributed by atoms with Gasteiger partial charge in [0.15, 0.2) is 0 Å². The maximum absolute atomic E-state index is 5.80. The molecule has 2 heteroatoms. The first kappa shape index (κ1) is 12.4. The molecule has 0 aliphatic carbocycles. The van der Waals surface area contributed by atoms with Crippen LogP contribution in [0.2, 0.25) is 0 Å². The number of hydrogen-bond donors (Lipinski definition) is 1. The maximum Gasteiger partial charge on any atom is 0.119 e. The standard InChI is InChI=1S/C15H23NO/c1-15(2,3)12-6-8-14(9-7-12)17-11-13-5-4-10-16-13/h6-9,13,16H,4-5,10-11H2,1-3H3/t13-/m1/s1. The van der Waals surface area contributed by atoms with E-state index in [1.54, 1.807) is 0 Å². The van der Waals surface area contributed by atoms with Gasteiger partial charge < -0.3 is 10.1 Å². The van der Waals surface area contributed by atoms with Crippen molar-refractivity contribution < 1.29 is 4.74 Å². The third kappa shape index (κ3) is 3.47. The Labute approximate surface area is 104 Å². The van der Waals surface area contributed by atoms with Crippen LogP contribution in [-0.2, 0) is 5.41 Å². The Hall–Kier alpha value is -1.02. The zero-order valence-electron chi connectivity index (χ0n) is 11.1. The van der Waals surface area contributed by atoms with E-state index >= 15 is 0 Å². The van der Waals surface area contributed by atoms with Crippen molar-refractivity contribution in [3.8, 4) is 5.75 Å². The van der Waals surface area contributed by atoms with Crippen molar-refractivity contribution in [2.45, 2.75) is 45.1 Å². The van der Waals surface area contributed by atoms with Crippen LogP contribution in [0.1, 0.15) is 39.2 Å². The molecule has 0 unspecified atom stereocenters. The largest absolute Gasteiger partial charge is 0.492 e. The van der Waals surface area contributed by atoms with Crippen molar-refractivity contribution in [1.82, 2.24) is 5.32 Å². The average Bonchev–Trinajstić information content (AvgIpc) is 2.78. The molecule has 2 rings (SSSR count). The first-order valence-electron chi connectivity index (χ1n) is 6.52. The first-order chi connectivity index (χ1) is 8.05. The van der Waals surface area contributed by atoms with Gasteiger partial charge in [-0.15, -0.1) is 0 Å². The summed E-state index contributed by atoms with van der Waals surface area (Å²) in [5.41, 5.74) is 1.56. The molecule has 0 amide bonds. The van der Waals surface area contributed by atoms with Crippen LogP contribution in [-0.4, -0.2) is 19.2 Å². The minimum absolute atomic E-state index is 0.214. The Morgan fingerprint density at radius 3 is 2.47 bits per heavy atom. The third-order valence-corrected chi connectivity index (χ3v) is 3.33. The zero-order chi connectivity index (χ0) is 12.3. The normalized spacial score (nSPS) is 20.5. The van der Waals surface area contributed by atoms with Gasteiger partial charge in [-0.2, -0.15) is 0 Å². The fourth-order valence-corrected chi connectivity index (χ4v) is 2.15. The molecule has 1 aromatic carbocycles. The highest BCUT2D eigenvalue weighted by Crippen LogP contribution is 2.24. The first-order valence-corrected chi connectivity index (χ1v) is 6.52. The number of hydrogen-bond acceptors (Lipinski definition) is 2. The molecule has 94 valence electrons. The average molecular weight is 233 g/mol. The molecule has 1 aliphatic heterocycles. The second kappa shape index (κ2) is 5.09. The Kier molecular flexibility index (Phi) is 3.72. The molecule has 0 spiro atoms. The van der Waals surface area contributed by atoms with Crippen molar-refractivity contribution in [3.05, 3.63) is 29.8 Å². The summed E-state index contributed by atoms with van der Waals surface area (Å²) in [5, 5.41) is 3.44. The van der Waals surface area contributed by atoms with Gasteiger partial charge in [0.2, 0.25) is 0 Å². The molecule has 1 saturated heterocycles. The van der Waals surface area contributed by atoms with Crippen LogP contribution in [0.25, 0.3) is 0 Å². The molecule has 1 N–H and O–H groups in total. The number of nitrogens with one attached hydrogen (secondary N) is 1. The lowest BCUT2D eigenvalue weighted by Crippen LogP contribution is -2.28. The Morgan fingerprint density at radius 1 is 1.24 bits per heavy atom. The predicted molar refractivity (Wildman–Crippen MR) is 71.7 cm³/mol. The molecular formula is C15H23NO. The Balaban J connectivity index is 1.89. The molecular weight excluding hydrogens is 210 g/mol. The summed E-state index contributed by atoms with van der Waals surface area (Å²) in [7, 11) is 0. The summed E-state index contributed by atoms with van der Waals surface area (Å²) >= 11 is 0. The van der Waals surface area contributed by atoms with E-state index < -0.39 is 0 Å². The Morgan fingerprint density at radius 2 is 1.94 bits per heavy atom. The number of rotatable bonds is 3. The highest BCUT2D eigenvalue weighted by molar-refractivity contribution is 5.31. The monoisotopic (exact) mass is 233 g/mol. The molecule has 1 fully saturated rings. The van der Waals surface area contributed by atoms with Crippen LogP contribution in [0.4, 0.5) is 0 Å². The van der Waals surface area contributed by atoms with Crippen LogP contribution in [0.15, 0.2) is 24.3 Å². The molecule has 0 aromatic heterocycles. The van der Waals surface area contributed by atoms with E-state index in [4.69, 9.17) is 4.74 Å². The molecule has 0 radical (unpaired) electrons. The lowest BCUT2D eigenvalue weighted by atomic mass is 9.87. The van der Waals surface area contributed by atoms with Gasteiger partial charge in [0.05, 0.1) is 0 Å². The van der Waals surface area contributed by atoms with Crippen molar-refractivity contribution in [3.63, 3.8) is 0 Å². The predicted octanol–water partition coefficient (Wildman–Crippen LogP) is 3.11. The fourth-order valence-electron chi connectivity index (χ4n) is 2.15. The van der Waals surface area contributed by atoms with Gasteiger partial charge in [-0.1, -0.05) is 32.9 Å². The molecule has 1 heterocycles. The summed E-state index contributed by atoms with van der Waals surface area (Å²) in [4.78, 5) is 0. The SMILES string of the molecule is CC(C)(C)c1ccc(OC[C@H]2CCCN2)cc1. The van der Waals surface area contributed by atoms with Crippen molar-refractivity contribution >= 4 is 0 Å². The lowest BCUT2D eigenvalue weighted by molar-refractivity contribution is 0.277.